The number of aromatic amines is 1. The van der Waals surface area contributed by atoms with Crippen LogP contribution in [0.5, 0.6) is 5.75 Å². The first-order chi connectivity index (χ1) is 8.13. The molecule has 2 aromatic rings. The Morgan fingerprint density at radius 2 is 2.12 bits per heavy atom. The molecule has 2 rings (SSSR count). The van der Waals surface area contributed by atoms with Crippen molar-refractivity contribution in [2.45, 2.75) is 6.54 Å². The van der Waals surface area contributed by atoms with Gasteiger partial charge in [-0.2, -0.15) is 0 Å². The monoisotopic (exact) mass is 233 g/mol. The summed E-state index contributed by atoms with van der Waals surface area (Å²) >= 11 is 0. The van der Waals surface area contributed by atoms with Crippen LogP contribution < -0.4 is 5.73 Å². The topological polar surface area (TPSA) is 112 Å². The number of aromatic hydroxyl groups is 1. The van der Waals surface area contributed by atoms with Crippen LogP contribution in [0.25, 0.3) is 11.4 Å². The molecule has 6 heteroatoms. The van der Waals surface area contributed by atoms with Gasteiger partial charge in [0.2, 0.25) is 0 Å². The highest BCUT2D eigenvalue weighted by Crippen LogP contribution is 2.27. The molecule has 0 bridgehead atoms. The maximum Gasteiger partial charge on any atom is 0.356 e. The third-order valence-electron chi connectivity index (χ3n) is 2.34. The van der Waals surface area contributed by atoms with E-state index in [9.17, 15) is 9.90 Å². The van der Waals surface area contributed by atoms with E-state index in [4.69, 9.17) is 10.8 Å². The zero-order valence-corrected chi connectivity index (χ0v) is 8.84. The third-order valence-corrected chi connectivity index (χ3v) is 2.34. The normalized spacial score (nSPS) is 10.4. The van der Waals surface area contributed by atoms with E-state index in [0.29, 0.717) is 17.1 Å². The van der Waals surface area contributed by atoms with Crippen molar-refractivity contribution in [3.63, 3.8) is 0 Å². The largest absolute Gasteiger partial charge is 0.507 e. The second-order valence-corrected chi connectivity index (χ2v) is 3.44. The Labute approximate surface area is 96.7 Å². The molecule has 1 aromatic heterocycles. The van der Waals surface area contributed by atoms with Gasteiger partial charge in [0.1, 0.15) is 11.6 Å². The van der Waals surface area contributed by atoms with Gasteiger partial charge < -0.3 is 20.9 Å². The number of aromatic nitrogens is 2. The number of hydrogen-bond donors (Lipinski definition) is 4. The van der Waals surface area contributed by atoms with Crippen LogP contribution in [0.15, 0.2) is 24.3 Å². The number of nitrogens with zero attached hydrogens (tertiary/aromatic N) is 1. The second-order valence-electron chi connectivity index (χ2n) is 3.44. The lowest BCUT2D eigenvalue weighted by Crippen LogP contribution is -2.06. The highest BCUT2D eigenvalue weighted by atomic mass is 16.4. The molecule has 0 amide bonds. The summed E-state index contributed by atoms with van der Waals surface area (Å²) < 4.78 is 0. The summed E-state index contributed by atoms with van der Waals surface area (Å²) in [5.74, 6) is -0.828. The van der Waals surface area contributed by atoms with Crippen molar-refractivity contribution >= 4 is 5.97 Å². The molecule has 17 heavy (non-hydrogen) atoms. The summed E-state index contributed by atoms with van der Waals surface area (Å²) in [5.41, 5.74) is 6.07. The quantitative estimate of drug-likeness (QED) is 0.630. The van der Waals surface area contributed by atoms with Gasteiger partial charge in [0.05, 0.1) is 11.3 Å². The van der Waals surface area contributed by atoms with Crippen molar-refractivity contribution < 1.29 is 15.0 Å². The lowest BCUT2D eigenvalue weighted by molar-refractivity contribution is 0.0690. The minimum Gasteiger partial charge on any atom is -0.507 e. The van der Waals surface area contributed by atoms with E-state index >= 15 is 0 Å². The summed E-state index contributed by atoms with van der Waals surface area (Å²) in [6.07, 6.45) is 0. The Bertz CT molecular complexity index is 563. The molecule has 1 heterocycles. The van der Waals surface area contributed by atoms with E-state index in [0.717, 1.165) is 0 Å². The van der Waals surface area contributed by atoms with Crippen molar-refractivity contribution in [3.8, 4) is 17.1 Å². The number of aromatic carboxylic acids is 1. The fourth-order valence-electron chi connectivity index (χ4n) is 1.54. The molecule has 0 saturated carbocycles. The Balaban J connectivity index is 2.54. The van der Waals surface area contributed by atoms with Crippen LogP contribution >= 0.6 is 0 Å². The molecular formula is C11H11N3O3. The van der Waals surface area contributed by atoms with Crippen molar-refractivity contribution in [1.29, 1.82) is 0 Å². The maximum absolute atomic E-state index is 10.9. The van der Waals surface area contributed by atoms with Gasteiger partial charge in [-0.3, -0.25) is 0 Å². The number of hydrogen-bond acceptors (Lipinski definition) is 4. The predicted molar refractivity (Wildman–Crippen MR) is 60.5 cm³/mol. The summed E-state index contributed by atoms with van der Waals surface area (Å²) in [4.78, 5) is 17.6. The van der Waals surface area contributed by atoms with Crippen LogP contribution in [-0.4, -0.2) is 26.2 Å². The molecule has 0 aliphatic carbocycles. The highest BCUT2D eigenvalue weighted by Gasteiger charge is 2.17. The van der Waals surface area contributed by atoms with Gasteiger partial charge in [0.25, 0.3) is 0 Å². The number of phenolic OH excluding ortho intramolecular Hbond substituents is 1. The zero-order chi connectivity index (χ0) is 12.4. The third kappa shape index (κ3) is 1.98. The number of carboxylic acid groups (broad SMARTS) is 1. The SMILES string of the molecule is NCc1[nH]c(-c2ccccc2O)nc1C(=O)O. The van der Waals surface area contributed by atoms with Crippen LogP contribution in [-0.2, 0) is 6.54 Å². The molecular weight excluding hydrogens is 222 g/mol. The molecule has 1 aromatic carbocycles. The maximum atomic E-state index is 10.9. The summed E-state index contributed by atoms with van der Waals surface area (Å²) in [5, 5.41) is 18.6. The molecule has 0 saturated heterocycles. The lowest BCUT2D eigenvalue weighted by atomic mass is 10.2. The van der Waals surface area contributed by atoms with E-state index in [-0.39, 0.29) is 18.0 Å². The summed E-state index contributed by atoms with van der Waals surface area (Å²) in [6.45, 7) is 0.0439. The smallest absolute Gasteiger partial charge is 0.356 e. The average molecular weight is 233 g/mol. The number of imidazole rings is 1. The number of carboxylic acids is 1. The predicted octanol–water partition coefficient (Wildman–Crippen LogP) is 0.939. The van der Waals surface area contributed by atoms with Crippen LogP contribution in [0.1, 0.15) is 16.2 Å². The van der Waals surface area contributed by atoms with E-state index in [1.165, 1.54) is 6.07 Å². The van der Waals surface area contributed by atoms with E-state index in [1.54, 1.807) is 18.2 Å². The van der Waals surface area contributed by atoms with Gasteiger partial charge in [0, 0.05) is 6.54 Å². The number of benzene rings is 1. The highest BCUT2D eigenvalue weighted by molar-refractivity contribution is 5.87. The average Bonchev–Trinajstić information content (AvgIpc) is 2.73. The van der Waals surface area contributed by atoms with Gasteiger partial charge in [-0.1, -0.05) is 12.1 Å². The first-order valence-electron chi connectivity index (χ1n) is 4.94. The van der Waals surface area contributed by atoms with Gasteiger partial charge in [0.15, 0.2) is 5.69 Å². The molecule has 88 valence electrons. The number of phenols is 1. The number of para-hydroxylation sites is 1. The van der Waals surface area contributed by atoms with Gasteiger partial charge in [-0.05, 0) is 12.1 Å². The van der Waals surface area contributed by atoms with Crippen LogP contribution in [0.2, 0.25) is 0 Å². The van der Waals surface area contributed by atoms with Crippen LogP contribution in [0.4, 0.5) is 0 Å². The van der Waals surface area contributed by atoms with Crippen molar-refractivity contribution in [2.75, 3.05) is 0 Å². The minimum absolute atomic E-state index is 0.0294. The van der Waals surface area contributed by atoms with Crippen molar-refractivity contribution in [1.82, 2.24) is 9.97 Å². The van der Waals surface area contributed by atoms with Crippen LogP contribution in [0, 0.1) is 0 Å². The van der Waals surface area contributed by atoms with Crippen molar-refractivity contribution in [2.24, 2.45) is 5.73 Å². The molecule has 0 atom stereocenters. The lowest BCUT2D eigenvalue weighted by Gasteiger charge is -1.99. The molecule has 0 aliphatic heterocycles. The van der Waals surface area contributed by atoms with Crippen LogP contribution in [0.3, 0.4) is 0 Å². The molecule has 0 unspecified atom stereocenters. The Morgan fingerprint density at radius 1 is 1.41 bits per heavy atom. The Morgan fingerprint density at radius 3 is 2.65 bits per heavy atom. The standard InChI is InChI=1S/C11H11N3O3/c12-5-7-9(11(16)17)14-10(13-7)6-3-1-2-4-8(6)15/h1-4,15H,5,12H2,(H,13,14)(H,16,17). The molecule has 6 nitrogen and oxygen atoms in total. The van der Waals surface area contributed by atoms with E-state index < -0.39 is 5.97 Å². The minimum atomic E-state index is -1.15. The summed E-state index contributed by atoms with van der Waals surface area (Å²) in [7, 11) is 0. The first-order valence-corrected chi connectivity index (χ1v) is 4.94. The number of H-pyrrole nitrogens is 1. The molecule has 0 aliphatic rings. The van der Waals surface area contributed by atoms with E-state index in [2.05, 4.69) is 9.97 Å². The Kier molecular flexibility index (Phi) is 2.80. The molecule has 0 fully saturated rings. The van der Waals surface area contributed by atoms with Crippen molar-refractivity contribution in [3.05, 3.63) is 35.7 Å². The molecule has 0 radical (unpaired) electrons. The summed E-state index contributed by atoms with van der Waals surface area (Å²) in [6, 6.07) is 6.53. The fraction of sp³-hybridized carbons (Fsp3) is 0.0909. The Hall–Kier alpha value is -2.34. The number of rotatable bonds is 3. The number of carbonyl (C=O) groups is 1. The first kappa shape index (κ1) is 11.2. The van der Waals surface area contributed by atoms with E-state index in [1.807, 2.05) is 0 Å². The molecule has 5 N–H and O–H groups in total. The number of nitrogens with one attached hydrogen (secondary N) is 1. The number of nitrogens with two attached hydrogens (primary N) is 1. The molecule has 0 spiro atoms. The fourth-order valence-corrected chi connectivity index (χ4v) is 1.54. The van der Waals surface area contributed by atoms with Gasteiger partial charge in [-0.25, -0.2) is 9.78 Å². The zero-order valence-electron chi connectivity index (χ0n) is 8.84. The van der Waals surface area contributed by atoms with Gasteiger partial charge in [-0.15, -0.1) is 0 Å². The second kappa shape index (κ2) is 4.26. The van der Waals surface area contributed by atoms with Gasteiger partial charge >= 0.3 is 5.97 Å².